The van der Waals surface area contributed by atoms with E-state index in [4.69, 9.17) is 5.73 Å². The number of rotatable bonds is 3. The van der Waals surface area contributed by atoms with E-state index in [2.05, 4.69) is 47.9 Å². The average Bonchev–Trinajstić information content (AvgIpc) is 4.01. The number of carbonyl (C=O) groups excluding carboxylic acids is 12. The van der Waals surface area contributed by atoms with Crippen molar-refractivity contribution >= 4 is 70.9 Å². The van der Waals surface area contributed by atoms with Crippen LogP contribution >= 0.6 is 0 Å². The molecule has 5 rings (SSSR count). The summed E-state index contributed by atoms with van der Waals surface area (Å²) in [6, 6.07) is 2.45. The number of nitrogens with two attached hydrogens (primary N) is 1. The van der Waals surface area contributed by atoms with Crippen LogP contribution in [0.2, 0.25) is 0 Å². The molecule has 2 saturated heterocycles. The lowest BCUT2D eigenvalue weighted by atomic mass is 9.95. The highest BCUT2D eigenvalue weighted by Crippen LogP contribution is 2.31. The number of carbonyl (C=O) groups is 12. The molecule has 12 amide bonds. The van der Waals surface area contributed by atoms with Gasteiger partial charge in [0.15, 0.2) is 0 Å². The number of amides is 12. The van der Waals surface area contributed by atoms with E-state index in [1.165, 1.54) is 9.80 Å². The van der Waals surface area contributed by atoms with Crippen LogP contribution in [-0.4, -0.2) is 163 Å². The number of primary amides is 1. The first-order valence-corrected chi connectivity index (χ1v) is 22.6. The minimum Gasteiger partial charge on any atom is -0.368 e. The Morgan fingerprint density at radius 1 is 0.647 bits per heavy atom. The van der Waals surface area contributed by atoms with Crippen LogP contribution in [0, 0.1) is 6.92 Å². The summed E-state index contributed by atoms with van der Waals surface area (Å²) in [5.41, 5.74) is 5.64. The monoisotopic (exact) mass is 948 g/mol. The molecule has 1 spiro atoms. The topological polar surface area (TPSA) is 346 Å². The van der Waals surface area contributed by atoms with Gasteiger partial charge in [0.1, 0.15) is 29.7 Å². The van der Waals surface area contributed by atoms with Gasteiger partial charge in [-0.1, -0.05) is 54.8 Å². The number of benzene rings is 1. The molecule has 2 bridgehead atoms. The van der Waals surface area contributed by atoms with Crippen LogP contribution in [0.15, 0.2) is 36.4 Å². The molecular formula is C44H60N12O12. The third kappa shape index (κ3) is 14.8. The molecule has 68 heavy (non-hydrogen) atoms. The van der Waals surface area contributed by atoms with Crippen LogP contribution in [0.5, 0.6) is 0 Å². The summed E-state index contributed by atoms with van der Waals surface area (Å²) in [6.45, 7) is -1.46. The highest BCUT2D eigenvalue weighted by atomic mass is 16.2. The second-order valence-corrected chi connectivity index (χ2v) is 17.1. The molecule has 24 heteroatoms. The van der Waals surface area contributed by atoms with Crippen LogP contribution < -0.4 is 53.6 Å². The summed E-state index contributed by atoms with van der Waals surface area (Å²) in [4.78, 5) is 160. The van der Waals surface area contributed by atoms with Crippen molar-refractivity contribution in [1.29, 1.82) is 0 Å². The zero-order valence-electron chi connectivity index (χ0n) is 37.9. The third-order valence-electron chi connectivity index (χ3n) is 12.0. The molecular weight excluding hydrogens is 889 g/mol. The second-order valence-electron chi connectivity index (χ2n) is 17.1. The van der Waals surface area contributed by atoms with Crippen LogP contribution in [0.1, 0.15) is 68.9 Å². The summed E-state index contributed by atoms with van der Waals surface area (Å²) < 4.78 is 0. The quantitative estimate of drug-likeness (QED) is 0.128. The van der Waals surface area contributed by atoms with Crippen molar-refractivity contribution in [1.82, 2.24) is 57.7 Å². The highest BCUT2D eigenvalue weighted by Gasteiger charge is 2.45. The van der Waals surface area contributed by atoms with E-state index in [-0.39, 0.29) is 45.2 Å². The van der Waals surface area contributed by atoms with Gasteiger partial charge in [0.25, 0.3) is 0 Å². The standard InChI is InChI=1S/C44H60N12O12/c1-26-10-12-27(13-11-26)18-31-40(65)50-22-35(60)49-25-38(63)55-17-7-9-30(55)41(66)54-44(14-4-5-15-44)43(68)51-24-37(62)53-29(39(45)64)19-32(57)46-20-33(58)47-21-34(59)48-23-36(61)52-28-8-3-2-6-16-56(31)42(28)67/h2-3,10-13,28-31H,4-9,14-25H2,1H3,(H2,45,64)(H,46,57)(H,47,58)(H,48,59)(H,49,60)(H,50,65)(H,51,68)(H,52,61)(H,53,62)(H,54,66). The molecule has 11 N–H and O–H groups in total. The molecule has 4 atom stereocenters. The van der Waals surface area contributed by atoms with Gasteiger partial charge in [-0.2, -0.15) is 0 Å². The fourth-order valence-corrected chi connectivity index (χ4v) is 8.33. The number of nitrogens with one attached hydrogen (secondary N) is 9. The van der Waals surface area contributed by atoms with E-state index < -0.39 is 146 Å². The first kappa shape index (κ1) is 51.6. The maximum absolute atomic E-state index is 14.2. The first-order chi connectivity index (χ1) is 32.4. The maximum Gasteiger partial charge on any atom is 0.246 e. The average molecular weight is 949 g/mol. The second kappa shape index (κ2) is 24.4. The molecule has 1 aromatic carbocycles. The van der Waals surface area contributed by atoms with Gasteiger partial charge >= 0.3 is 0 Å². The Morgan fingerprint density at radius 3 is 1.90 bits per heavy atom. The number of aryl methyl sites for hydroxylation is 1. The summed E-state index contributed by atoms with van der Waals surface area (Å²) in [5.74, 6) is -9.15. The Morgan fingerprint density at radius 2 is 1.24 bits per heavy atom. The lowest BCUT2D eigenvalue weighted by molar-refractivity contribution is -0.143. The fraction of sp³-hybridized carbons (Fsp3) is 0.545. The van der Waals surface area contributed by atoms with Crippen molar-refractivity contribution in [2.45, 2.75) is 101 Å². The maximum atomic E-state index is 14.2. The van der Waals surface area contributed by atoms with Gasteiger partial charge in [-0.05, 0) is 51.0 Å². The van der Waals surface area contributed by atoms with Crippen molar-refractivity contribution < 1.29 is 57.5 Å². The SMILES string of the molecule is Cc1ccc(CC2C(=O)NCC(=O)NCC(=O)N3CCCC3C(=O)NC3(CCCC3)C(=O)NCC(=O)NC(C(N)=O)CC(=O)NCC(=O)NCC(=O)NCC(=O)NC3CC=CCCN2C3=O)cc1. The van der Waals surface area contributed by atoms with Crippen molar-refractivity contribution in [3.05, 3.63) is 47.5 Å². The van der Waals surface area contributed by atoms with Gasteiger partial charge in [-0.3, -0.25) is 57.5 Å². The summed E-state index contributed by atoms with van der Waals surface area (Å²) in [6.07, 6.45) is 5.57. The molecule has 0 aromatic heterocycles. The minimum absolute atomic E-state index is 0.0401. The Kier molecular flexibility index (Phi) is 18.5. The number of nitrogens with zero attached hydrogens (tertiary/aromatic N) is 2. The third-order valence-corrected chi connectivity index (χ3v) is 12.0. The Balaban J connectivity index is 1.33. The molecule has 3 fully saturated rings. The molecule has 1 saturated carbocycles. The predicted molar refractivity (Wildman–Crippen MR) is 239 cm³/mol. The van der Waals surface area contributed by atoms with E-state index >= 15 is 0 Å². The van der Waals surface area contributed by atoms with Crippen LogP contribution in [0.25, 0.3) is 0 Å². The van der Waals surface area contributed by atoms with E-state index in [1.54, 1.807) is 24.3 Å². The Labute approximate surface area is 391 Å². The molecule has 1 aromatic rings. The summed E-state index contributed by atoms with van der Waals surface area (Å²) in [5, 5.41) is 22.0. The zero-order valence-corrected chi connectivity index (χ0v) is 37.9. The lowest BCUT2D eigenvalue weighted by Gasteiger charge is -2.34. The minimum atomic E-state index is -1.55. The highest BCUT2D eigenvalue weighted by molar-refractivity contribution is 5.99. The Hall–Kier alpha value is -7.40. The smallest absolute Gasteiger partial charge is 0.246 e. The van der Waals surface area contributed by atoms with Crippen LogP contribution in [-0.2, 0) is 64.0 Å². The molecule has 24 nitrogen and oxygen atoms in total. The zero-order chi connectivity index (χ0) is 49.4. The lowest BCUT2D eigenvalue weighted by Crippen LogP contribution is -2.61. The molecule has 4 aliphatic rings. The van der Waals surface area contributed by atoms with Crippen molar-refractivity contribution in [3.63, 3.8) is 0 Å². The summed E-state index contributed by atoms with van der Waals surface area (Å²) in [7, 11) is 0. The van der Waals surface area contributed by atoms with Crippen molar-refractivity contribution in [2.75, 3.05) is 52.4 Å². The largest absolute Gasteiger partial charge is 0.368 e. The van der Waals surface area contributed by atoms with Gasteiger partial charge in [0, 0.05) is 19.5 Å². The number of hydrogen-bond acceptors (Lipinski definition) is 12. The predicted octanol–water partition coefficient (Wildman–Crippen LogP) is -4.94. The molecule has 368 valence electrons. The van der Waals surface area contributed by atoms with Crippen LogP contribution in [0.3, 0.4) is 0 Å². The summed E-state index contributed by atoms with van der Waals surface area (Å²) >= 11 is 0. The van der Waals surface area contributed by atoms with Crippen molar-refractivity contribution in [3.8, 4) is 0 Å². The molecule has 3 aliphatic heterocycles. The van der Waals surface area contributed by atoms with Gasteiger partial charge in [-0.15, -0.1) is 0 Å². The van der Waals surface area contributed by atoms with Gasteiger partial charge in [0.2, 0.25) is 70.9 Å². The fourth-order valence-electron chi connectivity index (χ4n) is 8.33. The van der Waals surface area contributed by atoms with E-state index in [1.807, 2.05) is 19.1 Å². The van der Waals surface area contributed by atoms with Gasteiger partial charge in [0.05, 0.1) is 45.7 Å². The normalized spacial score (nSPS) is 25.1. The number of fused-ring (bicyclic) bond motifs is 3. The Bertz CT molecular complexity index is 2160. The molecule has 3 heterocycles. The molecule has 0 radical (unpaired) electrons. The van der Waals surface area contributed by atoms with E-state index in [9.17, 15) is 57.5 Å². The van der Waals surface area contributed by atoms with E-state index in [0.717, 1.165) is 5.56 Å². The van der Waals surface area contributed by atoms with E-state index in [0.29, 0.717) is 31.2 Å². The first-order valence-electron chi connectivity index (χ1n) is 22.6. The van der Waals surface area contributed by atoms with Crippen LogP contribution in [0.4, 0.5) is 0 Å². The van der Waals surface area contributed by atoms with Crippen molar-refractivity contribution in [2.24, 2.45) is 5.73 Å². The molecule has 1 aliphatic carbocycles. The van der Waals surface area contributed by atoms with Gasteiger partial charge in [-0.25, -0.2) is 0 Å². The number of hydrogen-bond donors (Lipinski definition) is 10. The van der Waals surface area contributed by atoms with Gasteiger partial charge < -0.3 is 63.4 Å². The molecule has 4 unspecified atom stereocenters.